The van der Waals surface area contributed by atoms with Crippen LogP contribution in [0.1, 0.15) is 30.9 Å². The minimum Gasteiger partial charge on any atom is -0.465 e. The topological polar surface area (TPSA) is 69.6 Å². The van der Waals surface area contributed by atoms with Gasteiger partial charge in [-0.2, -0.15) is 13.2 Å². The first-order valence-corrected chi connectivity index (χ1v) is 7.57. The summed E-state index contributed by atoms with van der Waals surface area (Å²) in [6.07, 6.45) is -5.36. The van der Waals surface area contributed by atoms with Gasteiger partial charge < -0.3 is 15.3 Å². The van der Waals surface area contributed by atoms with Gasteiger partial charge >= 0.3 is 12.3 Å². The molecule has 1 aliphatic rings. The molecular weight excluding hydrogens is 349 g/mol. The van der Waals surface area contributed by atoms with Crippen LogP contribution in [0.25, 0.3) is 0 Å². The van der Waals surface area contributed by atoms with Gasteiger partial charge in [-0.1, -0.05) is 17.7 Å². The summed E-state index contributed by atoms with van der Waals surface area (Å²) in [5, 5.41) is 11.3. The largest absolute Gasteiger partial charge is 0.465 e. The summed E-state index contributed by atoms with van der Waals surface area (Å²) in [6, 6.07) is 3.51. The van der Waals surface area contributed by atoms with E-state index in [9.17, 15) is 22.8 Å². The number of halogens is 4. The van der Waals surface area contributed by atoms with E-state index in [1.165, 1.54) is 17.9 Å². The van der Waals surface area contributed by atoms with E-state index in [2.05, 4.69) is 5.32 Å². The van der Waals surface area contributed by atoms with Crippen LogP contribution < -0.4 is 5.32 Å². The number of benzene rings is 1. The van der Waals surface area contributed by atoms with Crippen molar-refractivity contribution < 1.29 is 27.9 Å². The maximum Gasteiger partial charge on any atom is 0.417 e. The van der Waals surface area contributed by atoms with Crippen molar-refractivity contribution in [3.05, 3.63) is 34.3 Å². The Hall–Kier alpha value is -1.96. The van der Waals surface area contributed by atoms with Gasteiger partial charge in [0.15, 0.2) is 0 Å². The molecule has 0 aromatic heterocycles. The van der Waals surface area contributed by atoms with E-state index in [0.29, 0.717) is 0 Å². The van der Waals surface area contributed by atoms with E-state index >= 15 is 0 Å². The van der Waals surface area contributed by atoms with Crippen LogP contribution in [0.2, 0.25) is 5.02 Å². The molecule has 1 heterocycles. The number of hydrogen-bond donors (Lipinski definition) is 2. The van der Waals surface area contributed by atoms with Gasteiger partial charge in [0.25, 0.3) is 0 Å². The van der Waals surface area contributed by atoms with Crippen LogP contribution >= 0.6 is 11.6 Å². The average Bonchev–Trinajstić information content (AvgIpc) is 2.46. The Kier molecular flexibility index (Phi) is 4.98. The van der Waals surface area contributed by atoms with Gasteiger partial charge in [-0.25, -0.2) is 4.79 Å². The van der Waals surface area contributed by atoms with Crippen LogP contribution in [0.5, 0.6) is 0 Å². The molecule has 1 aromatic carbocycles. The van der Waals surface area contributed by atoms with E-state index < -0.39 is 34.3 Å². The fourth-order valence-corrected chi connectivity index (χ4v) is 3.17. The molecule has 0 saturated carbocycles. The third kappa shape index (κ3) is 3.75. The molecule has 0 unspecified atom stereocenters. The summed E-state index contributed by atoms with van der Waals surface area (Å²) < 4.78 is 39.3. The molecule has 2 amide bonds. The average molecular weight is 365 g/mol. The smallest absolute Gasteiger partial charge is 0.417 e. The number of rotatable bonds is 2. The number of hydrogen-bond acceptors (Lipinski definition) is 2. The van der Waals surface area contributed by atoms with E-state index in [0.717, 1.165) is 12.1 Å². The van der Waals surface area contributed by atoms with Crippen LogP contribution in [0.4, 0.5) is 18.0 Å². The lowest BCUT2D eigenvalue weighted by Crippen LogP contribution is -2.53. The highest BCUT2D eigenvalue weighted by Crippen LogP contribution is 2.40. The molecule has 2 N–H and O–H groups in total. The van der Waals surface area contributed by atoms with Crippen molar-refractivity contribution >= 4 is 23.6 Å². The maximum atomic E-state index is 13.1. The zero-order chi connectivity index (χ0) is 18.1. The highest BCUT2D eigenvalue weighted by molar-refractivity contribution is 6.31. The van der Waals surface area contributed by atoms with Crippen LogP contribution in [0, 0.1) is 0 Å². The minimum absolute atomic E-state index is 0.111. The third-order valence-corrected chi connectivity index (χ3v) is 4.46. The second-order valence-electron chi connectivity index (χ2n) is 5.73. The first-order valence-electron chi connectivity index (χ1n) is 7.19. The third-order valence-electron chi connectivity index (χ3n) is 4.13. The number of carboxylic acid groups (broad SMARTS) is 1. The molecule has 1 aromatic rings. The fraction of sp³-hybridized carbons (Fsp3) is 0.467. The van der Waals surface area contributed by atoms with Crippen LogP contribution in [0.15, 0.2) is 18.2 Å². The van der Waals surface area contributed by atoms with Crippen molar-refractivity contribution in [2.75, 3.05) is 13.1 Å². The van der Waals surface area contributed by atoms with E-state index in [1.807, 2.05) is 0 Å². The number of likely N-dealkylation sites (tertiary alicyclic amines) is 1. The number of nitrogens with one attached hydrogen (secondary N) is 1. The minimum atomic E-state index is -4.62. The Balaban J connectivity index is 2.43. The highest BCUT2D eigenvalue weighted by Gasteiger charge is 2.41. The van der Waals surface area contributed by atoms with E-state index in [4.69, 9.17) is 16.7 Å². The Bertz CT molecular complexity index is 656. The number of nitrogens with zero attached hydrogens (tertiary/aromatic N) is 1. The van der Waals surface area contributed by atoms with Crippen LogP contribution in [-0.2, 0) is 16.5 Å². The molecule has 1 saturated heterocycles. The molecule has 24 heavy (non-hydrogen) atoms. The van der Waals surface area contributed by atoms with Gasteiger partial charge in [-0.05, 0) is 30.5 Å². The standard InChI is InChI=1S/C15H16ClF3N2O3/c1-9(22)20-14(4-6-21(7-5-14)13(23)24)10-2-3-12(16)11(8-10)15(17,18)19/h2-3,8H,4-7H2,1H3,(H,20,22)(H,23,24). The van der Waals surface area contributed by atoms with Gasteiger partial charge in [0.1, 0.15) is 0 Å². The Morgan fingerprint density at radius 2 is 1.88 bits per heavy atom. The summed E-state index contributed by atoms with van der Waals surface area (Å²) >= 11 is 5.64. The molecule has 1 fully saturated rings. The number of carbonyl (C=O) groups excluding carboxylic acids is 1. The second-order valence-corrected chi connectivity index (χ2v) is 6.13. The lowest BCUT2D eigenvalue weighted by Gasteiger charge is -2.42. The van der Waals surface area contributed by atoms with Crippen molar-refractivity contribution in [2.45, 2.75) is 31.5 Å². The molecule has 5 nitrogen and oxygen atoms in total. The van der Waals surface area contributed by atoms with Crippen molar-refractivity contribution in [2.24, 2.45) is 0 Å². The predicted octanol–water partition coefficient (Wildman–Crippen LogP) is 3.46. The van der Waals surface area contributed by atoms with Gasteiger partial charge in [0, 0.05) is 20.0 Å². The summed E-state index contributed by atoms with van der Waals surface area (Å²) in [4.78, 5) is 23.8. The van der Waals surface area contributed by atoms with E-state index in [1.54, 1.807) is 0 Å². The van der Waals surface area contributed by atoms with Crippen molar-refractivity contribution in [3.63, 3.8) is 0 Å². The molecule has 0 aliphatic carbocycles. The molecule has 132 valence electrons. The first kappa shape index (κ1) is 18.4. The number of carbonyl (C=O) groups is 2. The van der Waals surface area contributed by atoms with Crippen molar-refractivity contribution in [3.8, 4) is 0 Å². The van der Waals surface area contributed by atoms with Gasteiger partial charge in [-0.3, -0.25) is 4.79 Å². The summed E-state index contributed by atoms with van der Waals surface area (Å²) in [6.45, 7) is 1.49. The normalized spacial score (nSPS) is 17.5. The molecule has 0 bridgehead atoms. The molecule has 1 aliphatic heterocycles. The summed E-state index contributed by atoms with van der Waals surface area (Å²) in [5.74, 6) is -0.401. The second kappa shape index (κ2) is 6.51. The van der Waals surface area contributed by atoms with Gasteiger partial charge in [0.05, 0.1) is 16.1 Å². The molecule has 0 radical (unpaired) electrons. The monoisotopic (exact) mass is 364 g/mol. The number of piperidine rings is 1. The molecule has 2 rings (SSSR count). The first-order chi connectivity index (χ1) is 11.0. The Morgan fingerprint density at radius 3 is 2.33 bits per heavy atom. The summed E-state index contributed by atoms with van der Waals surface area (Å²) in [7, 11) is 0. The Labute approximate surface area is 141 Å². The van der Waals surface area contributed by atoms with Gasteiger partial charge in [-0.15, -0.1) is 0 Å². The molecule has 9 heteroatoms. The fourth-order valence-electron chi connectivity index (χ4n) is 2.94. The Morgan fingerprint density at radius 1 is 1.29 bits per heavy atom. The van der Waals surface area contributed by atoms with Crippen molar-refractivity contribution in [1.82, 2.24) is 10.2 Å². The lowest BCUT2D eigenvalue weighted by molar-refractivity contribution is -0.137. The van der Waals surface area contributed by atoms with Gasteiger partial charge in [0.2, 0.25) is 5.91 Å². The predicted molar refractivity (Wildman–Crippen MR) is 80.8 cm³/mol. The number of alkyl halides is 3. The van der Waals surface area contributed by atoms with Crippen LogP contribution in [-0.4, -0.2) is 35.1 Å². The molecular formula is C15H16ClF3N2O3. The lowest BCUT2D eigenvalue weighted by atomic mass is 9.80. The summed E-state index contributed by atoms with van der Waals surface area (Å²) in [5.41, 5.74) is -1.77. The maximum absolute atomic E-state index is 13.1. The SMILES string of the molecule is CC(=O)NC1(c2ccc(Cl)c(C(F)(F)F)c2)CCN(C(=O)O)CC1. The highest BCUT2D eigenvalue weighted by atomic mass is 35.5. The zero-order valence-corrected chi connectivity index (χ0v) is 13.5. The van der Waals surface area contributed by atoms with E-state index in [-0.39, 0.29) is 31.5 Å². The quantitative estimate of drug-likeness (QED) is 0.844. The molecule has 0 spiro atoms. The number of amides is 2. The van der Waals surface area contributed by atoms with Crippen LogP contribution in [0.3, 0.4) is 0 Å². The molecule has 0 atom stereocenters. The van der Waals surface area contributed by atoms with Crippen molar-refractivity contribution in [1.29, 1.82) is 0 Å². The zero-order valence-electron chi connectivity index (χ0n) is 12.8.